The van der Waals surface area contributed by atoms with Crippen LogP contribution in [-0.4, -0.2) is 45.1 Å². The highest BCUT2D eigenvalue weighted by molar-refractivity contribution is 7.92. The van der Waals surface area contributed by atoms with Crippen molar-refractivity contribution >= 4 is 55.9 Å². The largest absolute Gasteiger partial charge is 0.435 e. The monoisotopic (exact) mass is 803 g/mol. The Morgan fingerprint density at radius 3 is 2.34 bits per heavy atom. The summed E-state index contributed by atoms with van der Waals surface area (Å²) in [5.41, 5.74) is -2.20. The van der Waals surface area contributed by atoms with Crippen LogP contribution in [0.2, 0.25) is 10.2 Å². The molecule has 7 rings (SSSR count). The van der Waals surface area contributed by atoms with Gasteiger partial charge in [-0.25, -0.2) is 22.2 Å². The average molecular weight is 805 g/mol. The molecule has 0 unspecified atom stereocenters. The lowest BCUT2D eigenvalue weighted by Crippen LogP contribution is -2.36. The minimum atomic E-state index is -5.07. The van der Waals surface area contributed by atoms with Crippen LogP contribution in [0.15, 0.2) is 42.5 Å². The Morgan fingerprint density at radius 2 is 1.72 bits per heavy atom. The van der Waals surface area contributed by atoms with Crippen molar-refractivity contribution in [1.82, 2.24) is 29.9 Å². The first kappa shape index (κ1) is 36.9. The van der Waals surface area contributed by atoms with Crippen molar-refractivity contribution in [2.24, 2.45) is 13.0 Å². The van der Waals surface area contributed by atoms with Gasteiger partial charge < -0.3 is 5.32 Å². The molecule has 3 atom stereocenters. The summed E-state index contributed by atoms with van der Waals surface area (Å²) in [5.74, 6) is -9.16. The van der Waals surface area contributed by atoms with E-state index in [0.29, 0.717) is 21.8 Å². The SMILES string of the molecule is Cn1nc(NS(C)(=O)=O)c2c(Cl)ccc(-c3ccc(Cl)nc3[C@H](Cc3cc(F)cc(F)c3)NC(=O)Cn3nc(C(F)(F)F)c4c3C(F)(F)[C@@H]3CC[C@H]43)c21. The lowest BCUT2D eigenvalue weighted by molar-refractivity contribution is -0.144. The van der Waals surface area contributed by atoms with Gasteiger partial charge in [0.05, 0.1) is 33.9 Å². The molecule has 0 radical (unpaired) electrons. The summed E-state index contributed by atoms with van der Waals surface area (Å²) < 4.78 is 130. The van der Waals surface area contributed by atoms with Crippen molar-refractivity contribution in [3.05, 3.63) is 92.5 Å². The number of nitrogens with zero attached hydrogens (tertiary/aromatic N) is 5. The fourth-order valence-corrected chi connectivity index (χ4v) is 8.19. The number of aromatic nitrogens is 5. The summed E-state index contributed by atoms with van der Waals surface area (Å²) >= 11 is 12.8. The maximum Gasteiger partial charge on any atom is 0.435 e. The van der Waals surface area contributed by atoms with Gasteiger partial charge >= 0.3 is 6.18 Å². The van der Waals surface area contributed by atoms with Crippen molar-refractivity contribution < 1.29 is 43.9 Å². The molecule has 0 spiro atoms. The van der Waals surface area contributed by atoms with Gasteiger partial charge in [-0.15, -0.1) is 0 Å². The second-order valence-corrected chi connectivity index (χ2v) is 15.6. The molecule has 3 aromatic heterocycles. The molecule has 3 heterocycles. The van der Waals surface area contributed by atoms with Crippen LogP contribution >= 0.6 is 23.2 Å². The number of hydrogen-bond acceptors (Lipinski definition) is 6. The summed E-state index contributed by atoms with van der Waals surface area (Å²) in [4.78, 5) is 18.2. The van der Waals surface area contributed by atoms with Crippen molar-refractivity contribution in [2.45, 2.75) is 49.9 Å². The van der Waals surface area contributed by atoms with E-state index < -0.39 is 81.0 Å². The van der Waals surface area contributed by atoms with Gasteiger partial charge in [-0.05, 0) is 61.1 Å². The van der Waals surface area contributed by atoms with Crippen molar-refractivity contribution in [1.29, 1.82) is 0 Å². The Hall–Kier alpha value is -4.42. The van der Waals surface area contributed by atoms with Gasteiger partial charge in [-0.1, -0.05) is 29.3 Å². The predicted molar refractivity (Wildman–Crippen MR) is 180 cm³/mol. The molecule has 0 aliphatic heterocycles. The highest BCUT2D eigenvalue weighted by atomic mass is 35.5. The Kier molecular flexibility index (Phi) is 8.96. The zero-order valence-electron chi connectivity index (χ0n) is 27.4. The Bertz CT molecular complexity index is 2420. The van der Waals surface area contributed by atoms with Crippen LogP contribution in [0.5, 0.6) is 0 Å². The number of hydrogen-bond donors (Lipinski definition) is 2. The van der Waals surface area contributed by atoms with Crippen LogP contribution in [0.3, 0.4) is 0 Å². The molecule has 10 nitrogen and oxygen atoms in total. The molecule has 5 aromatic rings. The number of fused-ring (bicyclic) bond motifs is 4. The van der Waals surface area contributed by atoms with E-state index in [-0.39, 0.29) is 57.5 Å². The number of aryl methyl sites for hydroxylation is 1. The maximum absolute atomic E-state index is 15.5. The summed E-state index contributed by atoms with van der Waals surface area (Å²) in [6, 6.07) is 7.16. The Balaban J connectivity index is 1.34. The number of carbonyl (C=O) groups excluding carboxylic acids is 1. The third kappa shape index (κ3) is 6.69. The number of alkyl halides is 5. The summed E-state index contributed by atoms with van der Waals surface area (Å²) in [5, 5.41) is 10.5. The van der Waals surface area contributed by atoms with E-state index in [2.05, 4.69) is 25.2 Å². The lowest BCUT2D eigenvalue weighted by atomic mass is 9.73. The topological polar surface area (TPSA) is 124 Å². The summed E-state index contributed by atoms with van der Waals surface area (Å²) in [7, 11) is -2.31. The van der Waals surface area contributed by atoms with Gasteiger partial charge in [0, 0.05) is 35.7 Å². The van der Waals surface area contributed by atoms with Crippen LogP contribution in [0.25, 0.3) is 22.0 Å². The van der Waals surface area contributed by atoms with Gasteiger partial charge in [0.15, 0.2) is 11.5 Å². The molecule has 0 bridgehead atoms. The van der Waals surface area contributed by atoms with E-state index in [9.17, 15) is 35.2 Å². The molecule has 2 aliphatic rings. The van der Waals surface area contributed by atoms with Gasteiger partial charge in [0.2, 0.25) is 15.9 Å². The van der Waals surface area contributed by atoms with E-state index in [1.807, 2.05) is 0 Å². The van der Waals surface area contributed by atoms with Gasteiger partial charge in [0.1, 0.15) is 29.0 Å². The summed E-state index contributed by atoms with van der Waals surface area (Å²) in [6.07, 6.45) is -4.39. The van der Waals surface area contributed by atoms with Gasteiger partial charge in [-0.2, -0.15) is 32.1 Å². The number of rotatable bonds is 9. The molecule has 1 saturated carbocycles. The predicted octanol–water partition coefficient (Wildman–Crippen LogP) is 7.51. The molecule has 1 fully saturated rings. The van der Waals surface area contributed by atoms with Gasteiger partial charge in [0.25, 0.3) is 5.92 Å². The van der Waals surface area contributed by atoms with E-state index in [1.165, 1.54) is 29.9 Å². The zero-order valence-corrected chi connectivity index (χ0v) is 29.7. The molecule has 2 N–H and O–H groups in total. The second kappa shape index (κ2) is 12.9. The minimum absolute atomic E-state index is 0.00572. The average Bonchev–Trinajstić information content (AvgIpc) is 3.57. The standard InChI is InChI=1S/C33H26Cl2F7N7O3S/c1-48-28-18(4-7-21(34)26(28)31(46-48)47-53(2,51)52)17-5-8-23(35)44-27(17)22(11-14-9-15(36)12-16(37)10-14)43-24(50)13-49-30-25(29(45-49)33(40,41)42)19-3-6-20(19)32(30,38)39/h4-5,7-10,12,19-20,22H,3,6,11,13H2,1-2H3,(H,43,50)(H,46,47)/t19-,20+,22-/m0/s1. The third-order valence-corrected chi connectivity index (χ3v) is 10.5. The molecule has 280 valence electrons. The van der Waals surface area contributed by atoms with Crippen molar-refractivity contribution in [3.63, 3.8) is 0 Å². The minimum Gasteiger partial charge on any atom is -0.346 e. The first-order valence-corrected chi connectivity index (χ1v) is 18.5. The number of halogens is 9. The van der Waals surface area contributed by atoms with Crippen LogP contribution in [0.4, 0.5) is 36.6 Å². The molecule has 1 amide bonds. The van der Waals surface area contributed by atoms with Crippen LogP contribution < -0.4 is 10.0 Å². The zero-order chi connectivity index (χ0) is 38.4. The number of sulfonamides is 1. The first-order chi connectivity index (χ1) is 24.7. The normalized spacial score (nSPS) is 18.4. The van der Waals surface area contributed by atoms with E-state index >= 15 is 8.78 Å². The van der Waals surface area contributed by atoms with E-state index in [0.717, 1.165) is 18.4 Å². The highest BCUT2D eigenvalue weighted by Gasteiger charge is 2.63. The smallest absolute Gasteiger partial charge is 0.346 e. The molecule has 20 heteroatoms. The number of pyridine rings is 1. The summed E-state index contributed by atoms with van der Waals surface area (Å²) in [6.45, 7) is -1.06. The number of anilines is 1. The molecule has 53 heavy (non-hydrogen) atoms. The van der Waals surface area contributed by atoms with E-state index in [4.69, 9.17) is 23.2 Å². The molecular weight excluding hydrogens is 778 g/mol. The van der Waals surface area contributed by atoms with Crippen LogP contribution in [-0.2, 0) is 46.9 Å². The fourth-order valence-electron chi connectivity index (χ4n) is 7.30. The van der Waals surface area contributed by atoms with Crippen molar-refractivity contribution in [3.8, 4) is 11.1 Å². The van der Waals surface area contributed by atoms with Gasteiger partial charge in [-0.3, -0.25) is 18.9 Å². The first-order valence-electron chi connectivity index (χ1n) is 15.8. The Morgan fingerprint density at radius 1 is 1.04 bits per heavy atom. The molecular formula is C33H26Cl2F7N7O3S. The molecule has 2 aromatic carbocycles. The Labute approximate surface area is 306 Å². The second-order valence-electron chi connectivity index (χ2n) is 13.0. The number of amides is 1. The lowest BCUT2D eigenvalue weighted by Gasteiger charge is -2.34. The third-order valence-electron chi connectivity index (χ3n) is 9.41. The maximum atomic E-state index is 15.5. The van der Waals surface area contributed by atoms with Crippen molar-refractivity contribution in [2.75, 3.05) is 11.0 Å². The number of benzene rings is 2. The highest BCUT2D eigenvalue weighted by Crippen LogP contribution is 2.64. The quantitative estimate of drug-likeness (QED) is 0.118. The number of nitrogens with one attached hydrogen (secondary N) is 2. The molecule has 2 aliphatic carbocycles. The van der Waals surface area contributed by atoms with Crippen LogP contribution in [0.1, 0.15) is 53.0 Å². The number of carbonyl (C=O) groups is 1. The van der Waals surface area contributed by atoms with Crippen LogP contribution in [0, 0.1) is 17.6 Å². The van der Waals surface area contributed by atoms with E-state index in [1.54, 1.807) is 6.07 Å². The fraction of sp³-hybridized carbons (Fsp3) is 0.333. The molecule has 0 saturated heterocycles.